The predicted molar refractivity (Wildman–Crippen MR) is 44.4 cm³/mol. The highest BCUT2D eigenvalue weighted by atomic mass is 16.5. The minimum Gasteiger partial charge on any atom is -0.393 e. The first-order valence-corrected chi connectivity index (χ1v) is 4.43. The van der Waals surface area contributed by atoms with Gasteiger partial charge in [0.15, 0.2) is 0 Å². The van der Waals surface area contributed by atoms with Gasteiger partial charge in [-0.15, -0.1) is 0 Å². The lowest BCUT2D eigenvalue weighted by molar-refractivity contribution is 0.0506. The molecule has 0 spiro atoms. The standard InChI is InChI=1S/C9H18O2/c1-7(11-2)5-9(10)6-8-3-4-8/h7-10H,3-6H2,1-2H3. The molecule has 1 aliphatic carbocycles. The van der Waals surface area contributed by atoms with Crippen LogP contribution in [0.15, 0.2) is 0 Å². The minimum absolute atomic E-state index is 0.141. The second-order valence-electron chi connectivity index (χ2n) is 3.61. The highest BCUT2D eigenvalue weighted by molar-refractivity contribution is 4.77. The van der Waals surface area contributed by atoms with Gasteiger partial charge >= 0.3 is 0 Å². The van der Waals surface area contributed by atoms with Crippen molar-refractivity contribution in [3.8, 4) is 0 Å². The van der Waals surface area contributed by atoms with E-state index < -0.39 is 0 Å². The summed E-state index contributed by atoms with van der Waals surface area (Å²) < 4.78 is 5.06. The van der Waals surface area contributed by atoms with E-state index in [2.05, 4.69) is 0 Å². The van der Waals surface area contributed by atoms with E-state index in [1.165, 1.54) is 12.8 Å². The van der Waals surface area contributed by atoms with E-state index in [0.29, 0.717) is 0 Å². The second-order valence-corrected chi connectivity index (χ2v) is 3.61. The molecule has 2 atom stereocenters. The van der Waals surface area contributed by atoms with Crippen LogP contribution in [0, 0.1) is 5.92 Å². The molecule has 1 aliphatic rings. The first kappa shape index (κ1) is 9.01. The molecule has 0 aliphatic heterocycles. The van der Waals surface area contributed by atoms with Crippen molar-refractivity contribution in [3.63, 3.8) is 0 Å². The van der Waals surface area contributed by atoms with Gasteiger partial charge < -0.3 is 9.84 Å². The summed E-state index contributed by atoms with van der Waals surface area (Å²) in [5.41, 5.74) is 0. The van der Waals surface area contributed by atoms with Gasteiger partial charge in [0.1, 0.15) is 0 Å². The Bertz CT molecular complexity index is 110. The average molecular weight is 158 g/mol. The predicted octanol–water partition coefficient (Wildman–Crippen LogP) is 1.57. The number of aliphatic hydroxyl groups is 1. The minimum atomic E-state index is -0.141. The Balaban J connectivity index is 2.03. The summed E-state index contributed by atoms with van der Waals surface area (Å²) in [4.78, 5) is 0. The second kappa shape index (κ2) is 4.07. The molecule has 2 heteroatoms. The molecule has 2 nitrogen and oxygen atoms in total. The smallest absolute Gasteiger partial charge is 0.0567 e. The summed E-state index contributed by atoms with van der Waals surface area (Å²) in [7, 11) is 1.69. The molecular formula is C9H18O2. The number of aliphatic hydroxyl groups excluding tert-OH is 1. The lowest BCUT2D eigenvalue weighted by Gasteiger charge is -2.14. The van der Waals surface area contributed by atoms with Crippen LogP contribution in [-0.2, 0) is 4.74 Å². The van der Waals surface area contributed by atoms with Gasteiger partial charge in [-0.1, -0.05) is 12.8 Å². The summed E-state index contributed by atoms with van der Waals surface area (Å²) in [6.45, 7) is 2.00. The van der Waals surface area contributed by atoms with Crippen LogP contribution in [-0.4, -0.2) is 24.4 Å². The van der Waals surface area contributed by atoms with Gasteiger partial charge in [0.25, 0.3) is 0 Å². The maximum Gasteiger partial charge on any atom is 0.0567 e. The van der Waals surface area contributed by atoms with Crippen molar-refractivity contribution in [2.75, 3.05) is 7.11 Å². The van der Waals surface area contributed by atoms with Crippen molar-refractivity contribution in [1.82, 2.24) is 0 Å². The maximum absolute atomic E-state index is 9.48. The molecule has 0 saturated heterocycles. The van der Waals surface area contributed by atoms with Gasteiger partial charge in [-0.3, -0.25) is 0 Å². The first-order chi connectivity index (χ1) is 5.22. The molecule has 0 bridgehead atoms. The molecule has 0 aromatic heterocycles. The molecule has 1 N–H and O–H groups in total. The van der Waals surface area contributed by atoms with Crippen LogP contribution in [0.5, 0.6) is 0 Å². The van der Waals surface area contributed by atoms with Crippen LogP contribution < -0.4 is 0 Å². The van der Waals surface area contributed by atoms with E-state index >= 15 is 0 Å². The Morgan fingerprint density at radius 2 is 2.18 bits per heavy atom. The number of methoxy groups -OCH3 is 1. The Labute approximate surface area is 68.6 Å². The highest BCUT2D eigenvalue weighted by Crippen LogP contribution is 2.34. The van der Waals surface area contributed by atoms with Crippen LogP contribution in [0.4, 0.5) is 0 Å². The summed E-state index contributed by atoms with van der Waals surface area (Å²) in [5, 5.41) is 9.48. The van der Waals surface area contributed by atoms with Crippen LogP contribution in [0.25, 0.3) is 0 Å². The van der Waals surface area contributed by atoms with Gasteiger partial charge in [-0.05, 0) is 25.7 Å². The quantitative estimate of drug-likeness (QED) is 0.658. The van der Waals surface area contributed by atoms with Crippen molar-refractivity contribution >= 4 is 0 Å². The number of rotatable bonds is 5. The monoisotopic (exact) mass is 158 g/mol. The fourth-order valence-electron chi connectivity index (χ4n) is 1.31. The molecule has 1 rings (SSSR count). The average Bonchev–Trinajstić information content (AvgIpc) is 2.71. The van der Waals surface area contributed by atoms with Gasteiger partial charge in [-0.2, -0.15) is 0 Å². The molecule has 1 saturated carbocycles. The van der Waals surface area contributed by atoms with Crippen LogP contribution >= 0.6 is 0 Å². The van der Waals surface area contributed by atoms with E-state index in [9.17, 15) is 5.11 Å². The normalized spacial score (nSPS) is 23.2. The van der Waals surface area contributed by atoms with Crippen molar-refractivity contribution < 1.29 is 9.84 Å². The van der Waals surface area contributed by atoms with E-state index in [1.807, 2.05) is 6.92 Å². The van der Waals surface area contributed by atoms with Crippen molar-refractivity contribution in [2.45, 2.75) is 44.8 Å². The van der Waals surface area contributed by atoms with Gasteiger partial charge in [0, 0.05) is 7.11 Å². The van der Waals surface area contributed by atoms with E-state index in [-0.39, 0.29) is 12.2 Å². The van der Waals surface area contributed by atoms with E-state index in [4.69, 9.17) is 4.74 Å². The van der Waals surface area contributed by atoms with Crippen LogP contribution in [0.3, 0.4) is 0 Å². The molecular weight excluding hydrogens is 140 g/mol. The van der Waals surface area contributed by atoms with Crippen LogP contribution in [0.1, 0.15) is 32.6 Å². The zero-order chi connectivity index (χ0) is 8.27. The molecule has 0 radical (unpaired) electrons. The summed E-state index contributed by atoms with van der Waals surface area (Å²) in [6.07, 6.45) is 4.46. The van der Waals surface area contributed by atoms with E-state index in [1.54, 1.807) is 7.11 Å². The third-order valence-corrected chi connectivity index (χ3v) is 2.31. The first-order valence-electron chi connectivity index (χ1n) is 4.43. The lowest BCUT2D eigenvalue weighted by Crippen LogP contribution is -2.17. The summed E-state index contributed by atoms with van der Waals surface area (Å²) in [6, 6.07) is 0. The Morgan fingerprint density at radius 1 is 1.55 bits per heavy atom. The molecule has 66 valence electrons. The maximum atomic E-state index is 9.48. The van der Waals surface area contributed by atoms with Crippen LogP contribution in [0.2, 0.25) is 0 Å². The highest BCUT2D eigenvalue weighted by Gasteiger charge is 2.25. The Morgan fingerprint density at radius 3 is 2.64 bits per heavy atom. The van der Waals surface area contributed by atoms with E-state index in [0.717, 1.165) is 18.8 Å². The largest absolute Gasteiger partial charge is 0.393 e. The Kier molecular flexibility index (Phi) is 3.34. The van der Waals surface area contributed by atoms with Gasteiger partial charge in [-0.25, -0.2) is 0 Å². The fraction of sp³-hybridized carbons (Fsp3) is 1.00. The molecule has 0 heterocycles. The number of hydrogen-bond donors (Lipinski definition) is 1. The third kappa shape index (κ3) is 3.73. The summed E-state index contributed by atoms with van der Waals surface area (Å²) in [5.74, 6) is 0.814. The number of hydrogen-bond acceptors (Lipinski definition) is 2. The fourth-order valence-corrected chi connectivity index (χ4v) is 1.31. The molecule has 11 heavy (non-hydrogen) atoms. The Hall–Kier alpha value is -0.0800. The topological polar surface area (TPSA) is 29.5 Å². The zero-order valence-electron chi connectivity index (χ0n) is 7.42. The SMILES string of the molecule is COC(C)CC(O)CC1CC1. The molecule has 2 unspecified atom stereocenters. The number of ether oxygens (including phenoxy) is 1. The molecule has 0 aromatic carbocycles. The summed E-state index contributed by atoms with van der Waals surface area (Å²) >= 11 is 0. The molecule has 0 aromatic rings. The van der Waals surface area contributed by atoms with Crippen molar-refractivity contribution in [1.29, 1.82) is 0 Å². The van der Waals surface area contributed by atoms with Crippen molar-refractivity contribution in [2.24, 2.45) is 5.92 Å². The van der Waals surface area contributed by atoms with Gasteiger partial charge in [0.05, 0.1) is 12.2 Å². The van der Waals surface area contributed by atoms with Gasteiger partial charge in [0.2, 0.25) is 0 Å². The molecule has 0 amide bonds. The zero-order valence-corrected chi connectivity index (χ0v) is 7.42. The van der Waals surface area contributed by atoms with Crippen molar-refractivity contribution in [3.05, 3.63) is 0 Å². The lowest BCUT2D eigenvalue weighted by atomic mass is 10.1. The third-order valence-electron chi connectivity index (χ3n) is 2.31. The molecule has 1 fully saturated rings.